The Morgan fingerprint density at radius 1 is 1.27 bits per heavy atom. The van der Waals surface area contributed by atoms with Crippen molar-refractivity contribution < 1.29 is 18.3 Å². The molecule has 1 saturated heterocycles. The fourth-order valence-electron chi connectivity index (χ4n) is 3.19. The molecule has 0 aromatic heterocycles. The molecule has 0 bridgehead atoms. The maximum Gasteiger partial charge on any atom is 0.387 e. The van der Waals surface area contributed by atoms with Crippen LogP contribution in [0.1, 0.15) is 29.6 Å². The van der Waals surface area contributed by atoms with Crippen LogP contribution in [0.4, 0.5) is 8.78 Å². The Kier molecular flexibility index (Phi) is 4.54. The van der Waals surface area contributed by atoms with E-state index in [-0.39, 0.29) is 17.7 Å². The molecule has 2 aliphatic rings. The molecule has 3 unspecified atom stereocenters. The zero-order valence-electron chi connectivity index (χ0n) is 12.0. The van der Waals surface area contributed by atoms with Crippen LogP contribution in [0.15, 0.2) is 24.3 Å². The van der Waals surface area contributed by atoms with E-state index in [1.807, 2.05) is 0 Å². The van der Waals surface area contributed by atoms with Crippen LogP contribution < -0.4 is 20.9 Å². The number of benzene rings is 1. The van der Waals surface area contributed by atoms with Gasteiger partial charge in [0.2, 0.25) is 0 Å². The zero-order chi connectivity index (χ0) is 15.5. The predicted molar refractivity (Wildman–Crippen MR) is 76.6 cm³/mol. The highest BCUT2D eigenvalue weighted by Crippen LogP contribution is 2.27. The van der Waals surface area contributed by atoms with Crippen molar-refractivity contribution in [3.05, 3.63) is 29.8 Å². The lowest BCUT2D eigenvalue weighted by Gasteiger charge is -2.31. The SMILES string of the molecule is O=C(NC1CCC2NNCC2C1)c1ccc(OC(F)F)cc1. The molecule has 120 valence electrons. The van der Waals surface area contributed by atoms with Gasteiger partial charge in [0.1, 0.15) is 5.75 Å². The summed E-state index contributed by atoms with van der Waals surface area (Å²) >= 11 is 0. The molecule has 1 saturated carbocycles. The van der Waals surface area contributed by atoms with Crippen molar-refractivity contribution in [1.82, 2.24) is 16.2 Å². The number of hydrogen-bond acceptors (Lipinski definition) is 4. The molecule has 0 radical (unpaired) electrons. The number of hydrazine groups is 1. The van der Waals surface area contributed by atoms with Crippen molar-refractivity contribution in [2.45, 2.75) is 38.0 Å². The molecule has 1 aromatic rings. The summed E-state index contributed by atoms with van der Waals surface area (Å²) < 4.78 is 28.4. The molecule has 1 amide bonds. The molecule has 0 spiro atoms. The summed E-state index contributed by atoms with van der Waals surface area (Å²) in [6.07, 6.45) is 2.92. The highest BCUT2D eigenvalue weighted by atomic mass is 19.3. The number of fused-ring (bicyclic) bond motifs is 1. The van der Waals surface area contributed by atoms with E-state index >= 15 is 0 Å². The van der Waals surface area contributed by atoms with Crippen LogP contribution in [0, 0.1) is 5.92 Å². The second-order valence-electron chi connectivity index (χ2n) is 5.78. The number of nitrogens with one attached hydrogen (secondary N) is 3. The number of carbonyl (C=O) groups is 1. The van der Waals surface area contributed by atoms with Gasteiger partial charge in [0, 0.05) is 24.2 Å². The van der Waals surface area contributed by atoms with E-state index in [1.165, 1.54) is 24.3 Å². The number of amides is 1. The lowest BCUT2D eigenvalue weighted by atomic mass is 9.83. The van der Waals surface area contributed by atoms with Gasteiger partial charge in [-0.15, -0.1) is 0 Å². The van der Waals surface area contributed by atoms with Crippen molar-refractivity contribution in [2.24, 2.45) is 5.92 Å². The van der Waals surface area contributed by atoms with Gasteiger partial charge in [-0.1, -0.05) is 0 Å². The summed E-state index contributed by atoms with van der Waals surface area (Å²) in [5, 5.41) is 3.02. The highest BCUT2D eigenvalue weighted by Gasteiger charge is 2.34. The summed E-state index contributed by atoms with van der Waals surface area (Å²) in [6.45, 7) is -1.93. The lowest BCUT2D eigenvalue weighted by Crippen LogP contribution is -2.44. The Morgan fingerprint density at radius 2 is 2.05 bits per heavy atom. The summed E-state index contributed by atoms with van der Waals surface area (Å²) in [4.78, 5) is 12.2. The van der Waals surface area contributed by atoms with Crippen LogP contribution in [0.3, 0.4) is 0 Å². The van der Waals surface area contributed by atoms with Crippen LogP contribution in [0.5, 0.6) is 5.75 Å². The minimum absolute atomic E-state index is 0.0511. The molecule has 22 heavy (non-hydrogen) atoms. The molecule has 1 heterocycles. The lowest BCUT2D eigenvalue weighted by molar-refractivity contribution is -0.0498. The molecule has 7 heteroatoms. The number of halogens is 2. The predicted octanol–water partition coefficient (Wildman–Crippen LogP) is 1.66. The fourth-order valence-corrected chi connectivity index (χ4v) is 3.19. The first-order chi connectivity index (χ1) is 10.6. The van der Waals surface area contributed by atoms with Crippen LogP contribution in [-0.4, -0.2) is 31.1 Å². The first kappa shape index (κ1) is 15.2. The Bertz CT molecular complexity index is 524. The largest absolute Gasteiger partial charge is 0.435 e. The average Bonchev–Trinajstić information content (AvgIpc) is 2.95. The van der Waals surface area contributed by atoms with Crippen LogP contribution in [0.2, 0.25) is 0 Å². The minimum atomic E-state index is -2.86. The molecule has 3 rings (SSSR count). The summed E-state index contributed by atoms with van der Waals surface area (Å²) in [5.74, 6) is 0.419. The quantitative estimate of drug-likeness (QED) is 0.791. The second kappa shape index (κ2) is 6.58. The van der Waals surface area contributed by atoms with Crippen LogP contribution in [-0.2, 0) is 0 Å². The van der Waals surface area contributed by atoms with Gasteiger partial charge in [-0.2, -0.15) is 8.78 Å². The third-order valence-corrected chi connectivity index (χ3v) is 4.31. The van der Waals surface area contributed by atoms with Crippen molar-refractivity contribution >= 4 is 5.91 Å². The summed E-state index contributed by atoms with van der Waals surface area (Å²) in [5.41, 5.74) is 6.85. The van der Waals surface area contributed by atoms with E-state index in [0.717, 1.165) is 25.8 Å². The van der Waals surface area contributed by atoms with Crippen molar-refractivity contribution in [3.8, 4) is 5.75 Å². The first-order valence-corrected chi connectivity index (χ1v) is 7.46. The van der Waals surface area contributed by atoms with E-state index < -0.39 is 6.61 Å². The van der Waals surface area contributed by atoms with Gasteiger partial charge in [-0.25, -0.2) is 0 Å². The van der Waals surface area contributed by atoms with Gasteiger partial charge >= 0.3 is 6.61 Å². The molecular weight excluding hydrogens is 292 g/mol. The van der Waals surface area contributed by atoms with Gasteiger partial charge in [0.25, 0.3) is 5.91 Å². The van der Waals surface area contributed by atoms with E-state index in [4.69, 9.17) is 0 Å². The number of hydrogen-bond donors (Lipinski definition) is 3. The van der Waals surface area contributed by atoms with Gasteiger partial charge in [-0.3, -0.25) is 15.6 Å². The fraction of sp³-hybridized carbons (Fsp3) is 0.533. The molecular formula is C15H19F2N3O2. The molecule has 3 N–H and O–H groups in total. The van der Waals surface area contributed by atoms with Gasteiger partial charge in [-0.05, 0) is 49.4 Å². The Morgan fingerprint density at radius 3 is 2.77 bits per heavy atom. The Hall–Kier alpha value is -1.73. The maximum atomic E-state index is 12.2. The third kappa shape index (κ3) is 3.53. The van der Waals surface area contributed by atoms with Crippen molar-refractivity contribution in [2.75, 3.05) is 6.54 Å². The Balaban J connectivity index is 1.55. The maximum absolute atomic E-state index is 12.2. The Labute approximate surface area is 127 Å². The highest BCUT2D eigenvalue weighted by molar-refractivity contribution is 5.94. The monoisotopic (exact) mass is 311 g/mol. The first-order valence-electron chi connectivity index (χ1n) is 7.46. The molecule has 2 fully saturated rings. The molecule has 1 aliphatic carbocycles. The van der Waals surface area contributed by atoms with Crippen molar-refractivity contribution in [1.29, 1.82) is 0 Å². The van der Waals surface area contributed by atoms with Gasteiger partial charge < -0.3 is 10.1 Å². The summed E-state index contributed by atoms with van der Waals surface area (Å²) in [7, 11) is 0. The zero-order valence-corrected chi connectivity index (χ0v) is 12.0. The van der Waals surface area contributed by atoms with E-state index in [9.17, 15) is 13.6 Å². The third-order valence-electron chi connectivity index (χ3n) is 4.31. The van der Waals surface area contributed by atoms with Crippen LogP contribution in [0.25, 0.3) is 0 Å². The van der Waals surface area contributed by atoms with E-state index in [2.05, 4.69) is 20.9 Å². The number of rotatable bonds is 4. The smallest absolute Gasteiger partial charge is 0.387 e. The molecule has 1 aromatic carbocycles. The number of ether oxygens (including phenoxy) is 1. The topological polar surface area (TPSA) is 62.4 Å². The standard InChI is InChI=1S/C15H19F2N3O2/c16-15(17)22-12-4-1-9(2-5-12)14(21)19-11-3-6-13-10(7-11)8-18-20-13/h1-2,4-5,10-11,13,15,18,20H,3,6-8H2,(H,19,21). The minimum Gasteiger partial charge on any atom is -0.435 e. The average molecular weight is 311 g/mol. The van der Waals surface area contributed by atoms with Crippen LogP contribution >= 0.6 is 0 Å². The molecule has 3 atom stereocenters. The van der Waals surface area contributed by atoms with Gasteiger partial charge in [0.15, 0.2) is 0 Å². The second-order valence-corrected chi connectivity index (χ2v) is 5.78. The normalized spacial score (nSPS) is 27.5. The van der Waals surface area contributed by atoms with E-state index in [1.54, 1.807) is 0 Å². The molecule has 1 aliphatic heterocycles. The van der Waals surface area contributed by atoms with E-state index in [0.29, 0.717) is 17.5 Å². The number of alkyl halides is 2. The number of carbonyl (C=O) groups excluding carboxylic acids is 1. The van der Waals surface area contributed by atoms with Crippen molar-refractivity contribution in [3.63, 3.8) is 0 Å². The van der Waals surface area contributed by atoms with Gasteiger partial charge in [0.05, 0.1) is 0 Å². The molecule has 5 nitrogen and oxygen atoms in total. The summed E-state index contributed by atoms with van der Waals surface area (Å²) in [6, 6.07) is 6.41.